The SMILES string of the molecule is CCCCNc1nc(SCCC)nc2c1nnn2[C@@H]1O[C@H](CCc2nnn[nH]2)[C@@H](O)[C@H]1O. The van der Waals surface area contributed by atoms with Crippen molar-refractivity contribution in [3.63, 3.8) is 0 Å². The molecule has 0 amide bonds. The highest BCUT2D eigenvalue weighted by Crippen LogP contribution is 2.34. The average Bonchev–Trinajstić information content (AvgIpc) is 3.52. The van der Waals surface area contributed by atoms with E-state index in [0.29, 0.717) is 40.8 Å². The fourth-order valence-electron chi connectivity index (χ4n) is 3.48. The van der Waals surface area contributed by atoms with E-state index in [2.05, 4.69) is 60.1 Å². The van der Waals surface area contributed by atoms with Gasteiger partial charge in [-0.2, -0.15) is 4.68 Å². The van der Waals surface area contributed by atoms with Gasteiger partial charge in [-0.15, -0.1) is 10.2 Å². The molecule has 4 atom stereocenters. The first-order valence-electron chi connectivity index (χ1n) is 10.9. The molecule has 1 saturated heterocycles. The number of anilines is 1. The molecule has 14 heteroatoms. The van der Waals surface area contributed by atoms with E-state index in [1.54, 1.807) is 11.8 Å². The second kappa shape index (κ2) is 10.5. The van der Waals surface area contributed by atoms with Crippen molar-refractivity contribution in [3.05, 3.63) is 5.82 Å². The molecule has 0 aromatic carbocycles. The number of rotatable bonds is 11. The number of ether oxygens (including phenoxy) is 1. The van der Waals surface area contributed by atoms with Crippen molar-refractivity contribution in [1.29, 1.82) is 0 Å². The zero-order valence-corrected chi connectivity index (χ0v) is 18.9. The second-order valence-electron chi connectivity index (χ2n) is 7.62. The Labute approximate surface area is 188 Å². The number of H-pyrrole nitrogens is 1. The molecule has 174 valence electrons. The fourth-order valence-corrected chi connectivity index (χ4v) is 4.17. The van der Waals surface area contributed by atoms with Crippen LogP contribution in [0.3, 0.4) is 0 Å². The zero-order chi connectivity index (χ0) is 22.5. The number of unbranched alkanes of at least 4 members (excludes halogenated alkanes) is 1. The third-order valence-corrected chi connectivity index (χ3v) is 6.25. The van der Waals surface area contributed by atoms with Crippen LogP contribution in [0.4, 0.5) is 5.82 Å². The molecule has 1 aliphatic heterocycles. The normalized spacial score (nSPS) is 23.2. The van der Waals surface area contributed by atoms with Gasteiger partial charge in [-0.05, 0) is 29.7 Å². The summed E-state index contributed by atoms with van der Waals surface area (Å²) in [6, 6.07) is 0. The van der Waals surface area contributed by atoms with Gasteiger partial charge in [-0.25, -0.2) is 15.1 Å². The maximum Gasteiger partial charge on any atom is 0.191 e. The Balaban J connectivity index is 1.59. The molecule has 0 radical (unpaired) electrons. The van der Waals surface area contributed by atoms with Gasteiger partial charge in [-0.3, -0.25) is 0 Å². The molecule has 0 saturated carbocycles. The number of fused-ring (bicyclic) bond motifs is 1. The van der Waals surface area contributed by atoms with Crippen LogP contribution in [0.5, 0.6) is 0 Å². The van der Waals surface area contributed by atoms with Crippen LogP contribution in [-0.4, -0.2) is 86.4 Å². The first-order valence-corrected chi connectivity index (χ1v) is 11.8. The highest BCUT2D eigenvalue weighted by Gasteiger charge is 2.45. The Morgan fingerprint density at radius 1 is 1.16 bits per heavy atom. The lowest BCUT2D eigenvalue weighted by Crippen LogP contribution is -2.32. The minimum Gasteiger partial charge on any atom is -0.388 e. The molecule has 32 heavy (non-hydrogen) atoms. The summed E-state index contributed by atoms with van der Waals surface area (Å²) in [6.07, 6.45) is 0.122. The first kappa shape index (κ1) is 22.8. The molecule has 3 aromatic heterocycles. The van der Waals surface area contributed by atoms with Gasteiger partial charge >= 0.3 is 0 Å². The van der Waals surface area contributed by atoms with Crippen molar-refractivity contribution in [3.8, 4) is 0 Å². The fraction of sp³-hybridized carbons (Fsp3) is 0.722. The van der Waals surface area contributed by atoms with Crippen LogP contribution in [-0.2, 0) is 11.2 Å². The lowest BCUT2D eigenvalue weighted by Gasteiger charge is -2.15. The van der Waals surface area contributed by atoms with Gasteiger partial charge in [0.2, 0.25) is 0 Å². The largest absolute Gasteiger partial charge is 0.388 e. The zero-order valence-electron chi connectivity index (χ0n) is 18.0. The first-order chi connectivity index (χ1) is 15.6. The summed E-state index contributed by atoms with van der Waals surface area (Å²) in [5.41, 5.74) is 0.956. The summed E-state index contributed by atoms with van der Waals surface area (Å²) in [5.74, 6) is 2.06. The summed E-state index contributed by atoms with van der Waals surface area (Å²) < 4.78 is 7.42. The van der Waals surface area contributed by atoms with E-state index >= 15 is 0 Å². The number of thioether (sulfide) groups is 1. The molecular formula is C18H28N10O3S. The lowest BCUT2D eigenvalue weighted by atomic mass is 10.1. The smallest absolute Gasteiger partial charge is 0.191 e. The van der Waals surface area contributed by atoms with Gasteiger partial charge in [-0.1, -0.05) is 37.2 Å². The number of aliphatic hydroxyl groups excluding tert-OH is 2. The summed E-state index contributed by atoms with van der Waals surface area (Å²) in [7, 11) is 0. The van der Waals surface area contributed by atoms with Crippen LogP contribution < -0.4 is 5.32 Å². The number of aromatic nitrogens is 9. The molecule has 0 bridgehead atoms. The van der Waals surface area contributed by atoms with Gasteiger partial charge < -0.3 is 20.3 Å². The number of hydrogen-bond donors (Lipinski definition) is 4. The Bertz CT molecular complexity index is 1000. The Morgan fingerprint density at radius 2 is 2.03 bits per heavy atom. The van der Waals surface area contributed by atoms with Crippen LogP contribution in [0, 0.1) is 0 Å². The van der Waals surface area contributed by atoms with E-state index < -0.39 is 24.5 Å². The van der Waals surface area contributed by atoms with Gasteiger partial charge in [0, 0.05) is 18.7 Å². The van der Waals surface area contributed by atoms with E-state index in [1.807, 2.05) is 0 Å². The summed E-state index contributed by atoms with van der Waals surface area (Å²) >= 11 is 1.55. The minimum atomic E-state index is -1.18. The highest BCUT2D eigenvalue weighted by atomic mass is 32.2. The molecule has 13 nitrogen and oxygen atoms in total. The van der Waals surface area contributed by atoms with Gasteiger partial charge in [0.05, 0.1) is 6.10 Å². The highest BCUT2D eigenvalue weighted by molar-refractivity contribution is 7.99. The van der Waals surface area contributed by atoms with Crippen LogP contribution in [0.1, 0.15) is 51.6 Å². The van der Waals surface area contributed by atoms with Crippen molar-refractivity contribution < 1.29 is 14.9 Å². The standard InChI is InChI=1S/C18H28N10O3S/c1-3-5-8-19-15-12-16(21-18(20-15)32-9-4-2)28(27-24-12)17-14(30)13(29)10(31-17)6-7-11-22-25-26-23-11/h10,13-14,17,29-30H,3-9H2,1-2H3,(H,19,20,21)(H,22,23,25,26)/t10-,13-,14-,17-/m1/s1. The molecular weight excluding hydrogens is 436 g/mol. The number of nitrogens with zero attached hydrogens (tertiary/aromatic N) is 8. The third-order valence-electron chi connectivity index (χ3n) is 5.19. The Morgan fingerprint density at radius 3 is 2.78 bits per heavy atom. The van der Waals surface area contributed by atoms with Crippen LogP contribution in [0.25, 0.3) is 11.2 Å². The Hall–Kier alpha value is -2.42. The van der Waals surface area contributed by atoms with Crippen molar-refractivity contribution >= 4 is 28.7 Å². The quantitative estimate of drug-likeness (QED) is 0.178. The minimum absolute atomic E-state index is 0.425. The topological polar surface area (TPSA) is 173 Å². The van der Waals surface area contributed by atoms with Crippen LogP contribution >= 0.6 is 11.8 Å². The number of hydrogen-bond acceptors (Lipinski definition) is 12. The number of aromatic amines is 1. The molecule has 4 rings (SSSR count). The van der Waals surface area contributed by atoms with Crippen molar-refractivity contribution in [2.45, 2.75) is 75.6 Å². The Kier molecular flexibility index (Phi) is 7.44. The van der Waals surface area contributed by atoms with Gasteiger partial charge in [0.1, 0.15) is 18.0 Å². The lowest BCUT2D eigenvalue weighted by molar-refractivity contribution is -0.0447. The maximum atomic E-state index is 10.7. The maximum absolute atomic E-state index is 10.7. The number of nitrogens with one attached hydrogen (secondary N) is 2. The van der Waals surface area contributed by atoms with Crippen molar-refractivity contribution in [1.82, 2.24) is 45.6 Å². The monoisotopic (exact) mass is 464 g/mol. The van der Waals surface area contributed by atoms with Gasteiger partial charge in [0.25, 0.3) is 0 Å². The number of aryl methyl sites for hydroxylation is 1. The summed E-state index contributed by atoms with van der Waals surface area (Å²) in [5, 5.41) is 47.2. The van der Waals surface area contributed by atoms with E-state index in [0.717, 1.165) is 31.6 Å². The van der Waals surface area contributed by atoms with Crippen LogP contribution in [0.15, 0.2) is 5.16 Å². The average molecular weight is 465 g/mol. The van der Waals surface area contributed by atoms with E-state index in [-0.39, 0.29) is 0 Å². The predicted octanol–water partition coefficient (Wildman–Crippen LogP) is 0.700. The molecule has 4 heterocycles. The molecule has 0 spiro atoms. The molecule has 4 N–H and O–H groups in total. The van der Waals surface area contributed by atoms with Gasteiger partial charge in [0.15, 0.2) is 28.4 Å². The molecule has 3 aromatic rings. The van der Waals surface area contributed by atoms with Crippen molar-refractivity contribution in [2.75, 3.05) is 17.6 Å². The summed E-state index contributed by atoms with van der Waals surface area (Å²) in [4.78, 5) is 9.23. The summed E-state index contributed by atoms with van der Waals surface area (Å²) in [6.45, 7) is 4.97. The number of tetrazole rings is 1. The van der Waals surface area contributed by atoms with E-state index in [9.17, 15) is 10.2 Å². The predicted molar refractivity (Wildman–Crippen MR) is 116 cm³/mol. The molecule has 0 unspecified atom stereocenters. The molecule has 1 aliphatic rings. The third kappa shape index (κ3) is 4.82. The van der Waals surface area contributed by atoms with E-state index in [4.69, 9.17) is 4.74 Å². The second-order valence-corrected chi connectivity index (χ2v) is 8.68. The molecule has 1 fully saturated rings. The number of aliphatic hydroxyl groups is 2. The van der Waals surface area contributed by atoms with E-state index in [1.165, 1.54) is 4.68 Å². The van der Waals surface area contributed by atoms with Crippen LogP contribution in [0.2, 0.25) is 0 Å². The van der Waals surface area contributed by atoms with Crippen molar-refractivity contribution in [2.24, 2.45) is 0 Å². The molecule has 0 aliphatic carbocycles.